The Morgan fingerprint density at radius 1 is 0.340 bits per heavy atom. The van der Waals surface area contributed by atoms with Crippen LogP contribution in [0.3, 0.4) is 0 Å². The lowest BCUT2D eigenvalue weighted by Crippen LogP contribution is -2.37. The predicted molar refractivity (Wildman–Crippen MR) is 227 cm³/mol. The molecule has 7 N–H and O–H groups in total. The minimum Gasteiger partial charge on any atom is -0.481 e. The SMILES string of the molecule is NCCNCCNCCNCCN(CCCCCCCCCCCCCCCCCC(=O)O)CCCCCCCCCCCCCCCCCC(=O)O. The van der Waals surface area contributed by atoms with Gasteiger partial charge in [-0.05, 0) is 38.8 Å². The Labute approximate surface area is 328 Å². The van der Waals surface area contributed by atoms with Gasteiger partial charge >= 0.3 is 11.9 Å². The van der Waals surface area contributed by atoms with Crippen LogP contribution in [0, 0.1) is 0 Å². The predicted octanol–water partition coefficient (Wildman–Crippen LogP) is 9.67. The number of hydrogen-bond acceptors (Lipinski definition) is 7. The number of aliphatic carboxylic acids is 2. The molecule has 0 aliphatic rings. The zero-order valence-corrected chi connectivity index (χ0v) is 34.9. The highest BCUT2D eigenvalue weighted by molar-refractivity contribution is 5.66. The molecule has 0 fully saturated rings. The minimum atomic E-state index is -0.659. The van der Waals surface area contributed by atoms with Crippen molar-refractivity contribution in [1.29, 1.82) is 0 Å². The van der Waals surface area contributed by atoms with Crippen LogP contribution in [0.15, 0.2) is 0 Å². The Kier molecular flexibility index (Phi) is 44.1. The van der Waals surface area contributed by atoms with Crippen LogP contribution in [0.5, 0.6) is 0 Å². The first-order valence-electron chi connectivity index (χ1n) is 23.0. The van der Waals surface area contributed by atoms with Crippen molar-refractivity contribution in [3.8, 4) is 0 Å². The molecule has 316 valence electrons. The number of rotatable bonds is 47. The van der Waals surface area contributed by atoms with E-state index < -0.39 is 11.9 Å². The van der Waals surface area contributed by atoms with Gasteiger partial charge in [-0.15, -0.1) is 0 Å². The third kappa shape index (κ3) is 46.8. The Balaban J connectivity index is 3.87. The van der Waals surface area contributed by atoms with Crippen molar-refractivity contribution in [3.63, 3.8) is 0 Å². The fourth-order valence-electron chi connectivity index (χ4n) is 7.22. The third-order valence-corrected chi connectivity index (χ3v) is 10.6. The highest BCUT2D eigenvalue weighted by atomic mass is 16.4. The van der Waals surface area contributed by atoms with Crippen LogP contribution in [0.4, 0.5) is 0 Å². The second-order valence-electron chi connectivity index (χ2n) is 15.8. The van der Waals surface area contributed by atoms with E-state index in [-0.39, 0.29) is 0 Å². The molecule has 9 heteroatoms. The van der Waals surface area contributed by atoms with Crippen LogP contribution in [0.2, 0.25) is 0 Å². The summed E-state index contributed by atoms with van der Waals surface area (Å²) in [6.45, 7) is 10.3. The number of carboxylic acid groups (broad SMARTS) is 2. The summed E-state index contributed by atoms with van der Waals surface area (Å²) in [6, 6.07) is 0. The monoisotopic (exact) mass is 754 g/mol. The molecule has 0 saturated carbocycles. The summed E-state index contributed by atoms with van der Waals surface area (Å²) in [7, 11) is 0. The Morgan fingerprint density at radius 3 is 0.868 bits per heavy atom. The van der Waals surface area contributed by atoms with E-state index in [2.05, 4.69) is 20.9 Å². The van der Waals surface area contributed by atoms with Crippen LogP contribution in [-0.4, -0.2) is 92.5 Å². The smallest absolute Gasteiger partial charge is 0.303 e. The van der Waals surface area contributed by atoms with Gasteiger partial charge in [-0.1, -0.05) is 167 Å². The van der Waals surface area contributed by atoms with E-state index in [1.807, 2.05) is 0 Å². The second kappa shape index (κ2) is 45.1. The summed E-state index contributed by atoms with van der Waals surface area (Å²) in [5.41, 5.74) is 5.53. The number of carbonyl (C=O) groups is 2. The van der Waals surface area contributed by atoms with Crippen LogP contribution < -0.4 is 21.7 Å². The number of hydrogen-bond donors (Lipinski definition) is 6. The Morgan fingerprint density at radius 2 is 0.585 bits per heavy atom. The molecule has 0 aliphatic heterocycles. The summed E-state index contributed by atoms with van der Waals surface area (Å²) >= 11 is 0. The molecule has 0 aromatic carbocycles. The number of unbranched alkanes of at least 4 members (excludes halogenated alkanes) is 28. The number of nitrogens with zero attached hydrogens (tertiary/aromatic N) is 1. The second-order valence-corrected chi connectivity index (χ2v) is 15.8. The van der Waals surface area contributed by atoms with Crippen molar-refractivity contribution >= 4 is 11.9 Å². The van der Waals surface area contributed by atoms with Gasteiger partial charge in [-0.3, -0.25) is 9.59 Å². The molecule has 0 spiro atoms. The molecular weight excluding hydrogens is 663 g/mol. The molecule has 53 heavy (non-hydrogen) atoms. The molecule has 0 atom stereocenters. The maximum atomic E-state index is 10.6. The van der Waals surface area contributed by atoms with E-state index in [9.17, 15) is 9.59 Å². The van der Waals surface area contributed by atoms with E-state index in [4.69, 9.17) is 15.9 Å². The molecular formula is C44H91N5O4. The van der Waals surface area contributed by atoms with Crippen LogP contribution in [0.25, 0.3) is 0 Å². The molecule has 0 aliphatic carbocycles. The molecule has 0 heterocycles. The molecule has 9 nitrogen and oxygen atoms in total. The van der Waals surface area contributed by atoms with Crippen molar-refractivity contribution in [3.05, 3.63) is 0 Å². The summed E-state index contributed by atoms with van der Waals surface area (Å²) < 4.78 is 0. The average molecular weight is 754 g/mol. The largest absolute Gasteiger partial charge is 0.481 e. The molecule has 0 bridgehead atoms. The molecule has 0 aromatic rings. The summed E-state index contributed by atoms with van der Waals surface area (Å²) in [5, 5.41) is 27.9. The lowest BCUT2D eigenvalue weighted by molar-refractivity contribution is -0.138. The topological polar surface area (TPSA) is 140 Å². The molecule has 0 aromatic heterocycles. The number of nitrogens with two attached hydrogens (primary N) is 1. The fourth-order valence-corrected chi connectivity index (χ4v) is 7.22. The fraction of sp³-hybridized carbons (Fsp3) is 0.955. The van der Waals surface area contributed by atoms with Crippen molar-refractivity contribution < 1.29 is 19.8 Å². The quantitative estimate of drug-likeness (QED) is 0.0335. The highest BCUT2D eigenvalue weighted by Crippen LogP contribution is 2.16. The maximum absolute atomic E-state index is 10.6. The first kappa shape index (κ1) is 51.7. The van der Waals surface area contributed by atoms with Crippen molar-refractivity contribution in [2.75, 3.05) is 65.4 Å². The molecule has 0 amide bonds. The third-order valence-electron chi connectivity index (χ3n) is 10.6. The Hall–Kier alpha value is -1.26. The summed E-state index contributed by atoms with van der Waals surface area (Å²) in [4.78, 5) is 23.9. The van der Waals surface area contributed by atoms with E-state index in [0.717, 1.165) is 71.5 Å². The first-order valence-corrected chi connectivity index (χ1v) is 23.0. The molecule has 0 unspecified atom stereocenters. The van der Waals surface area contributed by atoms with Gasteiger partial charge in [-0.25, -0.2) is 0 Å². The Bertz CT molecular complexity index is 697. The van der Waals surface area contributed by atoms with Gasteiger partial charge in [-0.2, -0.15) is 0 Å². The van der Waals surface area contributed by atoms with Gasteiger partial charge in [0, 0.05) is 65.2 Å². The average Bonchev–Trinajstić information content (AvgIpc) is 3.14. The van der Waals surface area contributed by atoms with Gasteiger partial charge < -0.3 is 36.8 Å². The van der Waals surface area contributed by atoms with Gasteiger partial charge in [0.2, 0.25) is 0 Å². The van der Waals surface area contributed by atoms with E-state index in [1.54, 1.807) is 0 Å². The van der Waals surface area contributed by atoms with E-state index >= 15 is 0 Å². The van der Waals surface area contributed by atoms with Crippen molar-refractivity contribution in [2.24, 2.45) is 5.73 Å². The van der Waals surface area contributed by atoms with Gasteiger partial charge in [0.05, 0.1) is 0 Å². The van der Waals surface area contributed by atoms with Crippen LogP contribution in [-0.2, 0) is 9.59 Å². The summed E-state index contributed by atoms with van der Waals surface area (Å²) in [6.07, 6.45) is 39.5. The maximum Gasteiger partial charge on any atom is 0.303 e. The van der Waals surface area contributed by atoms with Crippen LogP contribution >= 0.6 is 0 Å². The highest BCUT2D eigenvalue weighted by Gasteiger charge is 2.05. The lowest BCUT2D eigenvalue weighted by atomic mass is 10.0. The van der Waals surface area contributed by atoms with E-state index in [0.29, 0.717) is 19.4 Å². The zero-order valence-electron chi connectivity index (χ0n) is 34.9. The number of nitrogens with one attached hydrogen (secondary N) is 3. The first-order chi connectivity index (χ1) is 26.1. The van der Waals surface area contributed by atoms with Crippen molar-refractivity contribution in [1.82, 2.24) is 20.9 Å². The van der Waals surface area contributed by atoms with Gasteiger partial charge in [0.15, 0.2) is 0 Å². The van der Waals surface area contributed by atoms with Gasteiger partial charge in [0.25, 0.3) is 0 Å². The van der Waals surface area contributed by atoms with Gasteiger partial charge in [0.1, 0.15) is 0 Å². The van der Waals surface area contributed by atoms with Crippen LogP contribution in [0.1, 0.15) is 205 Å². The zero-order chi connectivity index (χ0) is 38.6. The molecule has 0 radical (unpaired) electrons. The molecule has 0 saturated heterocycles. The van der Waals surface area contributed by atoms with E-state index in [1.165, 1.54) is 180 Å². The normalized spacial score (nSPS) is 11.6. The molecule has 0 rings (SSSR count). The number of carboxylic acids is 2. The summed E-state index contributed by atoms with van der Waals surface area (Å²) in [5.74, 6) is -1.32. The minimum absolute atomic E-state index is 0.330. The standard InChI is InChI=1S/C44H91N5O4/c45-33-34-46-35-36-47-37-38-48-39-42-49(40-29-25-21-17-13-9-5-1-3-7-11-15-19-23-27-31-43(50)51)41-30-26-22-18-14-10-6-2-4-8-12-16-20-24-28-32-44(52)53/h46-48H,1-42,45H2,(H,50,51)(H,52,53). The van der Waals surface area contributed by atoms with Crippen molar-refractivity contribution in [2.45, 2.75) is 205 Å². The lowest BCUT2D eigenvalue weighted by Gasteiger charge is -2.22.